The van der Waals surface area contributed by atoms with Crippen LogP contribution in [0.25, 0.3) is 11.5 Å². The van der Waals surface area contributed by atoms with Crippen LogP contribution in [0.3, 0.4) is 0 Å². The van der Waals surface area contributed by atoms with Crippen molar-refractivity contribution >= 4 is 24.0 Å². The number of hydrogen-bond donors (Lipinski definition) is 2. The first-order valence-corrected chi connectivity index (χ1v) is 9.02. The fourth-order valence-electron chi connectivity index (χ4n) is 3.12. The summed E-state index contributed by atoms with van der Waals surface area (Å²) in [4.78, 5) is 19.0. The molecule has 0 radical (unpaired) electrons. The van der Waals surface area contributed by atoms with Crippen LogP contribution in [-0.4, -0.2) is 47.6 Å². The zero-order chi connectivity index (χ0) is 19.5. The van der Waals surface area contributed by atoms with E-state index >= 15 is 0 Å². The molecule has 2 aromatic carbocycles. The van der Waals surface area contributed by atoms with Crippen LogP contribution in [0.15, 0.2) is 53.1 Å². The smallest absolute Gasteiger partial charge is 0.258 e. The van der Waals surface area contributed by atoms with Gasteiger partial charge >= 0.3 is 0 Å². The van der Waals surface area contributed by atoms with Gasteiger partial charge in [-0.05, 0) is 49.5 Å². The third-order valence-electron chi connectivity index (χ3n) is 4.72. The SMILES string of the molecule is CN1CCNCC1c1noc(-c2cccc(NC(=O)c3ccc(F)cc3)c2)n1.Cl. The molecule has 1 atom stereocenters. The zero-order valence-electron chi connectivity index (χ0n) is 15.8. The monoisotopic (exact) mass is 417 g/mol. The number of benzene rings is 2. The molecule has 1 aromatic heterocycles. The summed E-state index contributed by atoms with van der Waals surface area (Å²) in [5, 5.41) is 10.2. The Balaban J connectivity index is 0.00000240. The predicted molar refractivity (Wildman–Crippen MR) is 110 cm³/mol. The maximum atomic E-state index is 13.0. The van der Waals surface area contributed by atoms with Crippen molar-refractivity contribution in [1.29, 1.82) is 0 Å². The van der Waals surface area contributed by atoms with Gasteiger partial charge in [0.2, 0.25) is 0 Å². The molecule has 3 aromatic rings. The van der Waals surface area contributed by atoms with Crippen LogP contribution >= 0.6 is 12.4 Å². The Morgan fingerprint density at radius 2 is 2.07 bits per heavy atom. The van der Waals surface area contributed by atoms with E-state index in [0.29, 0.717) is 28.5 Å². The lowest BCUT2D eigenvalue weighted by Gasteiger charge is -2.30. The molecule has 0 saturated carbocycles. The second kappa shape index (κ2) is 9.13. The van der Waals surface area contributed by atoms with Gasteiger partial charge in [-0.3, -0.25) is 9.69 Å². The van der Waals surface area contributed by atoms with E-state index in [1.54, 1.807) is 18.2 Å². The molecule has 2 heterocycles. The molecule has 1 fully saturated rings. The van der Waals surface area contributed by atoms with Crippen molar-refractivity contribution in [3.63, 3.8) is 0 Å². The average Bonchev–Trinajstić information content (AvgIpc) is 3.19. The fourth-order valence-corrected chi connectivity index (χ4v) is 3.12. The van der Waals surface area contributed by atoms with E-state index in [0.717, 1.165) is 19.6 Å². The van der Waals surface area contributed by atoms with Crippen LogP contribution < -0.4 is 10.6 Å². The summed E-state index contributed by atoms with van der Waals surface area (Å²) in [6.07, 6.45) is 0. The highest BCUT2D eigenvalue weighted by Crippen LogP contribution is 2.25. The Hall–Kier alpha value is -2.81. The van der Waals surface area contributed by atoms with Gasteiger partial charge in [-0.1, -0.05) is 11.2 Å². The van der Waals surface area contributed by atoms with Crippen LogP contribution in [0.5, 0.6) is 0 Å². The molecule has 0 aliphatic carbocycles. The number of nitrogens with zero attached hydrogens (tertiary/aromatic N) is 3. The number of aromatic nitrogens is 2. The van der Waals surface area contributed by atoms with Crippen LogP contribution in [0.2, 0.25) is 0 Å². The number of anilines is 1. The number of halogens is 2. The lowest BCUT2D eigenvalue weighted by Crippen LogP contribution is -2.44. The van der Waals surface area contributed by atoms with Crippen LogP contribution in [0.1, 0.15) is 22.2 Å². The van der Waals surface area contributed by atoms with E-state index < -0.39 is 0 Å². The number of hydrogen-bond acceptors (Lipinski definition) is 6. The number of piperazine rings is 1. The molecule has 1 amide bonds. The van der Waals surface area contributed by atoms with Gasteiger partial charge < -0.3 is 15.2 Å². The fraction of sp³-hybridized carbons (Fsp3) is 0.250. The highest BCUT2D eigenvalue weighted by molar-refractivity contribution is 6.04. The molecular weight excluding hydrogens is 397 g/mol. The third-order valence-corrected chi connectivity index (χ3v) is 4.72. The maximum Gasteiger partial charge on any atom is 0.258 e. The van der Waals surface area contributed by atoms with Gasteiger partial charge in [-0.15, -0.1) is 12.4 Å². The Morgan fingerprint density at radius 3 is 2.83 bits per heavy atom. The van der Waals surface area contributed by atoms with Crippen molar-refractivity contribution < 1.29 is 13.7 Å². The largest absolute Gasteiger partial charge is 0.334 e. The normalized spacial score (nSPS) is 16.8. The van der Waals surface area contributed by atoms with E-state index in [2.05, 4.69) is 25.7 Å². The van der Waals surface area contributed by atoms with Crippen molar-refractivity contribution in [2.45, 2.75) is 6.04 Å². The Kier molecular flexibility index (Phi) is 6.58. The third kappa shape index (κ3) is 4.79. The van der Waals surface area contributed by atoms with Gasteiger partial charge in [0, 0.05) is 36.4 Å². The molecule has 1 saturated heterocycles. The summed E-state index contributed by atoms with van der Waals surface area (Å²) in [6.45, 7) is 2.62. The first-order chi connectivity index (χ1) is 13.6. The molecule has 152 valence electrons. The van der Waals surface area contributed by atoms with Gasteiger partial charge in [0.15, 0.2) is 5.82 Å². The molecule has 4 rings (SSSR count). The van der Waals surface area contributed by atoms with Crippen molar-refractivity contribution in [3.05, 3.63) is 65.7 Å². The summed E-state index contributed by atoms with van der Waals surface area (Å²) in [5.41, 5.74) is 1.67. The molecule has 2 N–H and O–H groups in total. The van der Waals surface area contributed by atoms with Gasteiger partial charge in [-0.25, -0.2) is 4.39 Å². The summed E-state index contributed by atoms with van der Waals surface area (Å²) in [7, 11) is 2.03. The Bertz CT molecular complexity index is 979. The number of amides is 1. The molecule has 1 aliphatic rings. The Labute approximate surface area is 173 Å². The van der Waals surface area contributed by atoms with Crippen LogP contribution in [0, 0.1) is 5.82 Å². The molecule has 29 heavy (non-hydrogen) atoms. The summed E-state index contributed by atoms with van der Waals surface area (Å²) < 4.78 is 18.5. The number of carbonyl (C=O) groups excluding carboxylic acids is 1. The van der Waals surface area contributed by atoms with Crippen LogP contribution in [0.4, 0.5) is 10.1 Å². The molecule has 7 nitrogen and oxygen atoms in total. The molecule has 1 unspecified atom stereocenters. The summed E-state index contributed by atoms with van der Waals surface area (Å²) >= 11 is 0. The first-order valence-electron chi connectivity index (χ1n) is 9.02. The minimum atomic E-state index is -0.385. The van der Waals surface area contributed by atoms with Crippen molar-refractivity contribution in [2.75, 3.05) is 32.0 Å². The maximum absolute atomic E-state index is 13.0. The molecule has 1 aliphatic heterocycles. The van der Waals surface area contributed by atoms with Crippen molar-refractivity contribution in [1.82, 2.24) is 20.4 Å². The van der Waals surface area contributed by atoms with Gasteiger partial charge in [-0.2, -0.15) is 4.98 Å². The second-order valence-electron chi connectivity index (χ2n) is 6.70. The second-order valence-corrected chi connectivity index (χ2v) is 6.70. The molecule has 0 spiro atoms. The minimum absolute atomic E-state index is 0. The zero-order valence-corrected chi connectivity index (χ0v) is 16.6. The van der Waals surface area contributed by atoms with E-state index in [4.69, 9.17) is 4.52 Å². The molecule has 0 bridgehead atoms. The van der Waals surface area contributed by atoms with E-state index in [9.17, 15) is 9.18 Å². The predicted octanol–water partition coefficient (Wildman–Crippen LogP) is 3.13. The number of likely N-dealkylation sites (N-methyl/N-ethyl adjacent to an activating group) is 1. The summed E-state index contributed by atoms with van der Waals surface area (Å²) in [5.74, 6) is 0.320. The highest BCUT2D eigenvalue weighted by atomic mass is 35.5. The Morgan fingerprint density at radius 1 is 1.28 bits per heavy atom. The number of carbonyl (C=O) groups is 1. The topological polar surface area (TPSA) is 83.3 Å². The summed E-state index contributed by atoms with van der Waals surface area (Å²) in [6, 6.07) is 12.6. The highest BCUT2D eigenvalue weighted by Gasteiger charge is 2.25. The quantitative estimate of drug-likeness (QED) is 0.678. The standard InChI is InChI=1S/C20H20FN5O2.ClH/c1-26-10-9-22-12-17(26)18-24-20(28-25-18)14-3-2-4-16(11-14)23-19(27)13-5-7-15(21)8-6-13;/h2-8,11,17,22H,9-10,12H2,1H3,(H,23,27);1H. The van der Waals surface area contributed by atoms with Crippen LogP contribution in [-0.2, 0) is 0 Å². The van der Waals surface area contributed by atoms with Gasteiger partial charge in [0.05, 0.1) is 6.04 Å². The number of nitrogens with one attached hydrogen (secondary N) is 2. The average molecular weight is 418 g/mol. The molecule has 9 heteroatoms. The van der Waals surface area contributed by atoms with E-state index in [-0.39, 0.29) is 30.2 Å². The van der Waals surface area contributed by atoms with E-state index in [1.807, 2.05) is 13.1 Å². The van der Waals surface area contributed by atoms with Gasteiger partial charge in [0.25, 0.3) is 11.8 Å². The minimum Gasteiger partial charge on any atom is -0.334 e. The number of rotatable bonds is 4. The van der Waals surface area contributed by atoms with Crippen molar-refractivity contribution in [2.24, 2.45) is 0 Å². The van der Waals surface area contributed by atoms with E-state index in [1.165, 1.54) is 24.3 Å². The first kappa shape index (κ1) is 20.9. The molecular formula is C20H21ClFN5O2. The lowest BCUT2D eigenvalue weighted by atomic mass is 10.1. The van der Waals surface area contributed by atoms with Gasteiger partial charge in [0.1, 0.15) is 5.82 Å². The lowest BCUT2D eigenvalue weighted by molar-refractivity contribution is 0.102. The van der Waals surface area contributed by atoms with Crippen molar-refractivity contribution in [3.8, 4) is 11.5 Å².